The normalized spacial score (nSPS) is 11.6. The van der Waals surface area contributed by atoms with Crippen LogP contribution >= 0.6 is 0 Å². The highest BCUT2D eigenvalue weighted by Gasteiger charge is 2.24. The number of nitriles is 1. The lowest BCUT2D eigenvalue weighted by Crippen LogP contribution is -2.92. The molecule has 0 saturated heterocycles. The minimum absolute atomic E-state index is 0.0362. The molecule has 0 radical (unpaired) electrons. The Labute approximate surface area is 159 Å². The molecule has 1 atom stereocenters. The first kappa shape index (κ1) is 18.4. The average Bonchev–Trinajstić information content (AvgIpc) is 2.73. The third kappa shape index (κ3) is 4.81. The third-order valence-electron chi connectivity index (χ3n) is 4.49. The van der Waals surface area contributed by atoms with Crippen LogP contribution in [0.5, 0.6) is 0 Å². The molecular formula is C23H22N3O+. The van der Waals surface area contributed by atoms with Gasteiger partial charge in [-0.3, -0.25) is 4.79 Å². The Morgan fingerprint density at radius 1 is 0.889 bits per heavy atom. The molecule has 27 heavy (non-hydrogen) atoms. The lowest BCUT2D eigenvalue weighted by Gasteiger charge is -2.20. The van der Waals surface area contributed by atoms with Crippen LogP contribution in [0.3, 0.4) is 0 Å². The molecule has 3 aromatic carbocycles. The van der Waals surface area contributed by atoms with E-state index in [2.05, 4.69) is 41.0 Å². The highest BCUT2D eigenvalue weighted by molar-refractivity contribution is 5.93. The van der Waals surface area contributed by atoms with Crippen LogP contribution in [0.15, 0.2) is 84.9 Å². The van der Waals surface area contributed by atoms with Gasteiger partial charge in [0.25, 0.3) is 5.91 Å². The monoisotopic (exact) mass is 356 g/mol. The van der Waals surface area contributed by atoms with E-state index in [1.165, 1.54) is 0 Å². The van der Waals surface area contributed by atoms with Crippen molar-refractivity contribution in [3.8, 4) is 6.07 Å². The summed E-state index contributed by atoms with van der Waals surface area (Å²) in [6.07, 6.45) is 0. The fourth-order valence-electron chi connectivity index (χ4n) is 3.00. The molecule has 1 amide bonds. The molecule has 0 fully saturated rings. The van der Waals surface area contributed by atoms with Gasteiger partial charge in [0.2, 0.25) is 0 Å². The van der Waals surface area contributed by atoms with E-state index in [0.717, 1.165) is 11.1 Å². The molecule has 4 nitrogen and oxygen atoms in total. The van der Waals surface area contributed by atoms with Crippen molar-refractivity contribution in [2.75, 3.05) is 5.32 Å². The van der Waals surface area contributed by atoms with E-state index in [-0.39, 0.29) is 18.0 Å². The summed E-state index contributed by atoms with van der Waals surface area (Å²) < 4.78 is 0. The summed E-state index contributed by atoms with van der Waals surface area (Å²) in [4.78, 5) is 12.7. The predicted octanol–water partition coefficient (Wildman–Crippen LogP) is 3.24. The Kier molecular flexibility index (Phi) is 5.98. The van der Waals surface area contributed by atoms with E-state index in [0.29, 0.717) is 11.3 Å². The fourth-order valence-corrected chi connectivity index (χ4v) is 3.00. The van der Waals surface area contributed by atoms with Gasteiger partial charge in [0.15, 0.2) is 6.04 Å². The van der Waals surface area contributed by atoms with Crippen LogP contribution in [0, 0.1) is 11.3 Å². The van der Waals surface area contributed by atoms with Crippen LogP contribution in [0.2, 0.25) is 0 Å². The molecule has 0 heterocycles. The summed E-state index contributed by atoms with van der Waals surface area (Å²) in [5.74, 6) is -0.0726. The summed E-state index contributed by atoms with van der Waals surface area (Å²) in [7, 11) is 0. The molecule has 0 aliphatic rings. The van der Waals surface area contributed by atoms with E-state index in [9.17, 15) is 4.79 Å². The van der Waals surface area contributed by atoms with E-state index in [4.69, 9.17) is 5.26 Å². The van der Waals surface area contributed by atoms with Crippen molar-refractivity contribution < 1.29 is 10.1 Å². The van der Waals surface area contributed by atoms with Gasteiger partial charge in [-0.25, -0.2) is 0 Å². The molecule has 3 aromatic rings. The van der Waals surface area contributed by atoms with Gasteiger partial charge in [-0.15, -0.1) is 0 Å². The number of carbonyl (C=O) groups is 1. The highest BCUT2D eigenvalue weighted by Crippen LogP contribution is 2.18. The number of anilines is 1. The molecule has 0 aliphatic heterocycles. The maximum atomic E-state index is 12.7. The van der Waals surface area contributed by atoms with Gasteiger partial charge in [-0.1, -0.05) is 60.7 Å². The van der Waals surface area contributed by atoms with Crippen molar-refractivity contribution in [2.45, 2.75) is 19.0 Å². The molecule has 134 valence electrons. The van der Waals surface area contributed by atoms with Gasteiger partial charge >= 0.3 is 0 Å². The molecule has 0 spiro atoms. The zero-order valence-corrected chi connectivity index (χ0v) is 15.2. The minimum Gasteiger partial charge on any atom is -0.326 e. The first-order chi connectivity index (χ1) is 13.2. The summed E-state index contributed by atoms with van der Waals surface area (Å²) in [6, 6.07) is 29.1. The Morgan fingerprint density at radius 3 is 1.89 bits per heavy atom. The molecule has 0 aliphatic carbocycles. The van der Waals surface area contributed by atoms with Gasteiger partial charge in [0.05, 0.1) is 11.6 Å². The van der Waals surface area contributed by atoms with Crippen LogP contribution in [0.1, 0.15) is 29.7 Å². The number of rotatable bonds is 6. The maximum Gasteiger partial charge on any atom is 0.282 e. The number of nitrogens with one attached hydrogen (secondary N) is 1. The van der Waals surface area contributed by atoms with E-state index >= 15 is 0 Å². The maximum absolute atomic E-state index is 12.7. The summed E-state index contributed by atoms with van der Waals surface area (Å²) in [6.45, 7) is 1.90. The first-order valence-electron chi connectivity index (χ1n) is 8.93. The predicted molar refractivity (Wildman–Crippen MR) is 106 cm³/mol. The average molecular weight is 356 g/mol. The number of benzene rings is 3. The molecule has 0 saturated carbocycles. The smallest absolute Gasteiger partial charge is 0.282 e. The van der Waals surface area contributed by atoms with Crippen LogP contribution < -0.4 is 10.6 Å². The van der Waals surface area contributed by atoms with Gasteiger partial charge in [-0.05, 0) is 31.2 Å². The van der Waals surface area contributed by atoms with Crippen LogP contribution in [-0.4, -0.2) is 11.9 Å². The molecule has 0 unspecified atom stereocenters. The second kappa shape index (κ2) is 8.79. The number of quaternary nitrogens is 1. The zero-order valence-electron chi connectivity index (χ0n) is 15.2. The van der Waals surface area contributed by atoms with E-state index in [1.54, 1.807) is 24.3 Å². The van der Waals surface area contributed by atoms with Crippen molar-refractivity contribution in [2.24, 2.45) is 0 Å². The first-order valence-corrected chi connectivity index (χ1v) is 8.93. The number of amides is 1. The lowest BCUT2D eigenvalue weighted by atomic mass is 9.98. The van der Waals surface area contributed by atoms with Crippen molar-refractivity contribution in [1.29, 1.82) is 5.26 Å². The van der Waals surface area contributed by atoms with Gasteiger partial charge < -0.3 is 10.6 Å². The Balaban J connectivity index is 1.74. The number of carbonyl (C=O) groups excluding carboxylic acids is 1. The summed E-state index contributed by atoms with van der Waals surface area (Å²) in [5.41, 5.74) is 3.57. The minimum atomic E-state index is -0.286. The molecule has 0 aromatic heterocycles. The Hall–Kier alpha value is -3.42. The standard InChI is InChI=1S/C23H21N3O/c1-17(23(27)26-21-14-12-18(16-24)13-15-21)25-22(19-8-4-2-5-9-19)20-10-6-3-7-11-20/h2-15,17,22,25H,1H3,(H,26,27)/p+1/t17-/m0/s1. The van der Waals surface area contributed by atoms with Crippen LogP contribution in [0.4, 0.5) is 5.69 Å². The van der Waals surface area contributed by atoms with Crippen molar-refractivity contribution in [3.63, 3.8) is 0 Å². The van der Waals surface area contributed by atoms with Gasteiger partial charge in [0.1, 0.15) is 6.04 Å². The van der Waals surface area contributed by atoms with Crippen molar-refractivity contribution in [1.82, 2.24) is 0 Å². The zero-order chi connectivity index (χ0) is 19.1. The van der Waals surface area contributed by atoms with Crippen molar-refractivity contribution >= 4 is 11.6 Å². The molecular weight excluding hydrogens is 334 g/mol. The fraction of sp³-hybridized carbons (Fsp3) is 0.130. The topological polar surface area (TPSA) is 69.5 Å². The third-order valence-corrected chi connectivity index (χ3v) is 4.49. The Bertz CT molecular complexity index is 876. The van der Waals surface area contributed by atoms with Crippen molar-refractivity contribution in [3.05, 3.63) is 102 Å². The largest absolute Gasteiger partial charge is 0.326 e. The summed E-state index contributed by atoms with van der Waals surface area (Å²) in [5, 5.41) is 13.9. The van der Waals surface area contributed by atoms with Gasteiger partial charge in [-0.2, -0.15) is 5.26 Å². The number of nitrogens with two attached hydrogens (primary N) is 1. The second-order valence-electron chi connectivity index (χ2n) is 6.46. The van der Waals surface area contributed by atoms with E-state index in [1.807, 2.05) is 43.3 Å². The van der Waals surface area contributed by atoms with E-state index < -0.39 is 0 Å². The van der Waals surface area contributed by atoms with Crippen LogP contribution in [-0.2, 0) is 4.79 Å². The highest BCUT2D eigenvalue weighted by atomic mass is 16.2. The summed E-state index contributed by atoms with van der Waals surface area (Å²) >= 11 is 0. The Morgan fingerprint density at radius 2 is 1.41 bits per heavy atom. The molecule has 0 bridgehead atoms. The van der Waals surface area contributed by atoms with Gasteiger partial charge in [0, 0.05) is 16.8 Å². The second-order valence-corrected chi connectivity index (χ2v) is 6.46. The molecule has 3 N–H and O–H groups in total. The number of hydrogen-bond acceptors (Lipinski definition) is 2. The quantitative estimate of drug-likeness (QED) is 0.712. The number of nitrogens with zero attached hydrogens (tertiary/aromatic N) is 1. The van der Waals surface area contributed by atoms with Crippen LogP contribution in [0.25, 0.3) is 0 Å². The lowest BCUT2D eigenvalue weighted by molar-refractivity contribution is -0.704. The SMILES string of the molecule is C[C@H]([NH2+]C(c1ccccc1)c1ccccc1)C(=O)Nc1ccc(C#N)cc1. The number of hydrogen-bond donors (Lipinski definition) is 2. The molecule has 3 rings (SSSR count). The molecule has 4 heteroatoms.